The molecule has 0 aromatic carbocycles. The SMILES string of the molecule is CC(Nc1cccnc1N1CCCC1)C1CCOC1. The molecule has 2 unspecified atom stereocenters. The third kappa shape index (κ3) is 2.84. The summed E-state index contributed by atoms with van der Waals surface area (Å²) in [6.07, 6.45) is 5.61. The van der Waals surface area contributed by atoms with Gasteiger partial charge in [0.05, 0.1) is 12.3 Å². The number of nitrogens with one attached hydrogen (secondary N) is 1. The number of aromatic nitrogens is 1. The highest BCUT2D eigenvalue weighted by molar-refractivity contribution is 5.66. The van der Waals surface area contributed by atoms with Gasteiger partial charge in [-0.25, -0.2) is 4.98 Å². The molecule has 4 heteroatoms. The van der Waals surface area contributed by atoms with E-state index in [9.17, 15) is 0 Å². The number of hydrogen-bond donors (Lipinski definition) is 1. The van der Waals surface area contributed by atoms with Gasteiger partial charge in [0.15, 0.2) is 5.82 Å². The quantitative estimate of drug-likeness (QED) is 0.903. The van der Waals surface area contributed by atoms with Gasteiger partial charge in [0.25, 0.3) is 0 Å². The molecular weight excluding hydrogens is 238 g/mol. The standard InChI is InChI=1S/C15H23N3O/c1-12(13-6-10-19-11-13)17-14-5-4-7-16-15(14)18-8-2-3-9-18/h4-5,7,12-13,17H,2-3,6,8-11H2,1H3. The molecule has 1 N–H and O–H groups in total. The topological polar surface area (TPSA) is 37.4 Å². The van der Waals surface area contributed by atoms with Crippen molar-refractivity contribution in [3.05, 3.63) is 18.3 Å². The molecule has 2 aliphatic rings. The van der Waals surface area contributed by atoms with Crippen LogP contribution in [0.2, 0.25) is 0 Å². The minimum absolute atomic E-state index is 0.438. The molecule has 0 saturated carbocycles. The van der Waals surface area contributed by atoms with E-state index >= 15 is 0 Å². The van der Waals surface area contributed by atoms with Crippen LogP contribution in [0.1, 0.15) is 26.2 Å². The van der Waals surface area contributed by atoms with Gasteiger partial charge in [0.2, 0.25) is 0 Å². The summed E-state index contributed by atoms with van der Waals surface area (Å²) < 4.78 is 5.48. The zero-order valence-corrected chi connectivity index (χ0v) is 11.6. The molecule has 19 heavy (non-hydrogen) atoms. The lowest BCUT2D eigenvalue weighted by Crippen LogP contribution is -2.28. The Bertz CT molecular complexity index is 412. The fourth-order valence-corrected chi connectivity index (χ4v) is 3.00. The van der Waals surface area contributed by atoms with Crippen LogP contribution in [-0.4, -0.2) is 37.3 Å². The van der Waals surface area contributed by atoms with Crippen molar-refractivity contribution in [2.75, 3.05) is 36.5 Å². The van der Waals surface area contributed by atoms with Gasteiger partial charge < -0.3 is 15.0 Å². The Labute approximate surface area is 115 Å². The van der Waals surface area contributed by atoms with Gasteiger partial charge in [0.1, 0.15) is 0 Å². The first-order chi connectivity index (χ1) is 9.34. The normalized spacial score (nSPS) is 24.7. The second-order valence-corrected chi connectivity index (χ2v) is 5.63. The van der Waals surface area contributed by atoms with Gasteiger partial charge >= 0.3 is 0 Å². The van der Waals surface area contributed by atoms with E-state index in [0.29, 0.717) is 12.0 Å². The lowest BCUT2D eigenvalue weighted by molar-refractivity contribution is 0.183. The average molecular weight is 261 g/mol. The van der Waals surface area contributed by atoms with E-state index in [-0.39, 0.29) is 0 Å². The fourth-order valence-electron chi connectivity index (χ4n) is 3.00. The largest absolute Gasteiger partial charge is 0.381 e. The van der Waals surface area contributed by atoms with Crippen LogP contribution in [-0.2, 0) is 4.74 Å². The maximum atomic E-state index is 5.48. The summed E-state index contributed by atoms with van der Waals surface area (Å²) in [6.45, 7) is 6.30. The second kappa shape index (κ2) is 5.78. The minimum Gasteiger partial charge on any atom is -0.381 e. The summed E-state index contributed by atoms with van der Waals surface area (Å²) in [4.78, 5) is 6.96. The van der Waals surface area contributed by atoms with E-state index in [1.165, 1.54) is 18.5 Å². The van der Waals surface area contributed by atoms with E-state index in [0.717, 1.165) is 38.5 Å². The minimum atomic E-state index is 0.438. The molecule has 0 aliphatic carbocycles. The highest BCUT2D eigenvalue weighted by Gasteiger charge is 2.24. The first-order valence-corrected chi connectivity index (χ1v) is 7.39. The van der Waals surface area contributed by atoms with Gasteiger partial charge in [-0.1, -0.05) is 0 Å². The number of hydrogen-bond acceptors (Lipinski definition) is 4. The highest BCUT2D eigenvalue weighted by Crippen LogP contribution is 2.28. The fraction of sp³-hybridized carbons (Fsp3) is 0.667. The van der Waals surface area contributed by atoms with E-state index in [1.54, 1.807) is 0 Å². The maximum Gasteiger partial charge on any atom is 0.151 e. The van der Waals surface area contributed by atoms with Gasteiger partial charge in [-0.05, 0) is 38.3 Å². The van der Waals surface area contributed by atoms with Crippen LogP contribution >= 0.6 is 0 Å². The number of rotatable bonds is 4. The third-order valence-electron chi connectivity index (χ3n) is 4.25. The lowest BCUT2D eigenvalue weighted by Gasteiger charge is -2.25. The zero-order chi connectivity index (χ0) is 13.1. The molecule has 4 nitrogen and oxygen atoms in total. The molecule has 2 aliphatic heterocycles. The summed E-state index contributed by atoms with van der Waals surface area (Å²) in [5.74, 6) is 1.73. The molecule has 0 spiro atoms. The Morgan fingerprint density at radius 3 is 3.00 bits per heavy atom. The summed E-state index contributed by atoms with van der Waals surface area (Å²) in [5.41, 5.74) is 1.17. The van der Waals surface area contributed by atoms with Crippen LogP contribution in [0.5, 0.6) is 0 Å². The molecule has 0 amide bonds. The molecule has 0 bridgehead atoms. The summed E-state index contributed by atoms with van der Waals surface area (Å²) >= 11 is 0. The van der Waals surface area contributed by atoms with Gasteiger partial charge in [-0.15, -0.1) is 0 Å². The smallest absolute Gasteiger partial charge is 0.151 e. The van der Waals surface area contributed by atoms with Crippen LogP contribution in [0, 0.1) is 5.92 Å². The molecule has 2 fully saturated rings. The van der Waals surface area contributed by atoms with Crippen molar-refractivity contribution in [2.45, 2.75) is 32.2 Å². The van der Waals surface area contributed by atoms with E-state index in [4.69, 9.17) is 4.74 Å². The van der Waals surface area contributed by atoms with Crippen molar-refractivity contribution < 1.29 is 4.74 Å². The molecule has 1 aromatic rings. The highest BCUT2D eigenvalue weighted by atomic mass is 16.5. The Morgan fingerprint density at radius 1 is 1.42 bits per heavy atom. The molecule has 3 rings (SSSR count). The van der Waals surface area contributed by atoms with Crippen molar-refractivity contribution in [2.24, 2.45) is 5.92 Å². The summed E-state index contributed by atoms with van der Waals surface area (Å²) in [7, 11) is 0. The van der Waals surface area contributed by atoms with Crippen molar-refractivity contribution in [3.8, 4) is 0 Å². The molecular formula is C15H23N3O. The van der Waals surface area contributed by atoms with Crippen LogP contribution in [0.4, 0.5) is 11.5 Å². The molecule has 1 aromatic heterocycles. The summed E-state index contributed by atoms with van der Waals surface area (Å²) in [6, 6.07) is 4.60. The van der Waals surface area contributed by atoms with Gasteiger partial charge in [-0.2, -0.15) is 0 Å². The predicted molar refractivity (Wildman–Crippen MR) is 77.7 cm³/mol. The Balaban J connectivity index is 1.72. The van der Waals surface area contributed by atoms with Crippen molar-refractivity contribution in [1.82, 2.24) is 4.98 Å². The number of nitrogens with zero attached hydrogens (tertiary/aromatic N) is 2. The number of pyridine rings is 1. The maximum absolute atomic E-state index is 5.48. The van der Waals surface area contributed by atoms with E-state index < -0.39 is 0 Å². The van der Waals surface area contributed by atoms with Crippen molar-refractivity contribution in [1.29, 1.82) is 0 Å². The average Bonchev–Trinajstić information content (AvgIpc) is 3.13. The van der Waals surface area contributed by atoms with Crippen LogP contribution < -0.4 is 10.2 Å². The van der Waals surface area contributed by atoms with Gasteiger partial charge in [-0.3, -0.25) is 0 Å². The first kappa shape index (κ1) is 12.7. The Kier molecular flexibility index (Phi) is 3.87. The van der Waals surface area contributed by atoms with Crippen LogP contribution in [0.15, 0.2) is 18.3 Å². The third-order valence-corrected chi connectivity index (χ3v) is 4.25. The number of ether oxygens (including phenoxy) is 1. The van der Waals surface area contributed by atoms with Crippen molar-refractivity contribution in [3.63, 3.8) is 0 Å². The first-order valence-electron chi connectivity index (χ1n) is 7.39. The zero-order valence-electron chi connectivity index (χ0n) is 11.6. The monoisotopic (exact) mass is 261 g/mol. The van der Waals surface area contributed by atoms with Crippen molar-refractivity contribution >= 4 is 11.5 Å². The van der Waals surface area contributed by atoms with Crippen LogP contribution in [0.3, 0.4) is 0 Å². The molecule has 2 saturated heterocycles. The van der Waals surface area contributed by atoms with E-state index in [2.05, 4.69) is 28.2 Å². The number of anilines is 2. The Morgan fingerprint density at radius 2 is 2.26 bits per heavy atom. The van der Waals surface area contributed by atoms with Gasteiger partial charge in [0, 0.05) is 37.9 Å². The lowest BCUT2D eigenvalue weighted by atomic mass is 10.0. The molecule has 0 radical (unpaired) electrons. The van der Waals surface area contributed by atoms with Crippen LogP contribution in [0.25, 0.3) is 0 Å². The molecule has 3 heterocycles. The predicted octanol–water partition coefficient (Wildman–Crippen LogP) is 2.52. The molecule has 2 atom stereocenters. The Hall–Kier alpha value is -1.29. The van der Waals surface area contributed by atoms with E-state index in [1.807, 2.05) is 12.3 Å². The summed E-state index contributed by atoms with van der Waals surface area (Å²) in [5, 5.41) is 3.65. The molecule has 104 valence electrons. The second-order valence-electron chi connectivity index (χ2n) is 5.63.